The molecule has 0 unspecified atom stereocenters. The van der Waals surface area contributed by atoms with Gasteiger partial charge in [0.15, 0.2) is 0 Å². The highest BCUT2D eigenvalue weighted by Crippen LogP contribution is 2.28. The summed E-state index contributed by atoms with van der Waals surface area (Å²) in [5.74, 6) is 0.788. The van der Waals surface area contributed by atoms with Gasteiger partial charge < -0.3 is 4.90 Å². The maximum atomic E-state index is 13.1. The number of allylic oxidation sites excluding steroid dienone is 2. The van der Waals surface area contributed by atoms with Crippen molar-refractivity contribution in [3.8, 4) is 5.69 Å². The van der Waals surface area contributed by atoms with Crippen molar-refractivity contribution >= 4 is 28.7 Å². The summed E-state index contributed by atoms with van der Waals surface area (Å²) in [6.07, 6.45) is 7.71. The zero-order chi connectivity index (χ0) is 22.1. The highest BCUT2D eigenvalue weighted by Gasteiger charge is 2.17. The second-order valence-electron chi connectivity index (χ2n) is 8.40. The number of benzene rings is 1. The summed E-state index contributed by atoms with van der Waals surface area (Å²) in [4.78, 5) is 28.1. The molecule has 1 aromatic carbocycles. The molecule has 0 aliphatic carbocycles. The highest BCUT2D eigenvalue weighted by molar-refractivity contribution is 7.99. The molecule has 0 spiro atoms. The van der Waals surface area contributed by atoms with E-state index < -0.39 is 0 Å². The third kappa shape index (κ3) is 4.28. The van der Waals surface area contributed by atoms with Crippen LogP contribution < -0.4 is 5.56 Å². The molecule has 2 aliphatic rings. The van der Waals surface area contributed by atoms with E-state index in [0.29, 0.717) is 4.90 Å². The van der Waals surface area contributed by atoms with E-state index in [9.17, 15) is 4.79 Å². The Morgan fingerprint density at radius 1 is 1.12 bits per heavy atom. The Bertz CT molecular complexity index is 1270. The highest BCUT2D eigenvalue weighted by atomic mass is 32.2. The molecule has 164 valence electrons. The number of rotatable bonds is 4. The van der Waals surface area contributed by atoms with Gasteiger partial charge in [-0.3, -0.25) is 19.2 Å². The van der Waals surface area contributed by atoms with Crippen LogP contribution in [0.4, 0.5) is 0 Å². The van der Waals surface area contributed by atoms with Gasteiger partial charge in [-0.05, 0) is 49.9 Å². The Morgan fingerprint density at radius 2 is 1.97 bits per heavy atom. The van der Waals surface area contributed by atoms with E-state index >= 15 is 0 Å². The molecule has 0 bridgehead atoms. The van der Waals surface area contributed by atoms with Crippen molar-refractivity contribution in [1.29, 1.82) is 0 Å². The van der Waals surface area contributed by atoms with E-state index in [-0.39, 0.29) is 5.56 Å². The van der Waals surface area contributed by atoms with Gasteiger partial charge in [-0.25, -0.2) is 4.98 Å². The van der Waals surface area contributed by atoms with Gasteiger partial charge in [0.1, 0.15) is 6.33 Å². The van der Waals surface area contributed by atoms with Crippen molar-refractivity contribution in [2.75, 3.05) is 39.0 Å². The Morgan fingerprint density at radius 3 is 2.78 bits per heavy atom. The molecule has 6 nitrogen and oxygen atoms in total. The third-order valence-corrected chi connectivity index (χ3v) is 7.18. The average Bonchev–Trinajstić information content (AvgIpc) is 2.81. The lowest BCUT2D eigenvalue weighted by Gasteiger charge is -2.32. The number of piperazine rings is 1. The molecule has 4 heterocycles. The number of thioether (sulfide) groups is 1. The van der Waals surface area contributed by atoms with E-state index in [1.54, 1.807) is 22.7 Å². The molecule has 5 rings (SSSR count). The summed E-state index contributed by atoms with van der Waals surface area (Å²) < 4.78 is 1.64. The van der Waals surface area contributed by atoms with Crippen molar-refractivity contribution in [2.45, 2.75) is 18.4 Å². The van der Waals surface area contributed by atoms with E-state index in [4.69, 9.17) is 4.98 Å². The van der Waals surface area contributed by atoms with Gasteiger partial charge in [0.05, 0.1) is 27.5 Å². The number of hydrogen-bond acceptors (Lipinski definition) is 6. The van der Waals surface area contributed by atoms with Crippen LogP contribution in [0.3, 0.4) is 0 Å². The van der Waals surface area contributed by atoms with Crippen molar-refractivity contribution in [3.63, 3.8) is 0 Å². The maximum Gasteiger partial charge on any atom is 0.272 e. The zero-order valence-corrected chi connectivity index (χ0v) is 19.3. The lowest BCUT2D eigenvalue weighted by Crippen LogP contribution is -2.43. The first-order chi connectivity index (χ1) is 15.6. The van der Waals surface area contributed by atoms with Crippen LogP contribution >= 0.6 is 11.8 Å². The number of pyridine rings is 1. The van der Waals surface area contributed by atoms with E-state index in [2.05, 4.69) is 40.0 Å². The largest absolute Gasteiger partial charge is 0.304 e. The van der Waals surface area contributed by atoms with Crippen LogP contribution in [0, 0.1) is 0 Å². The monoisotopic (exact) mass is 445 g/mol. The number of hydrogen-bond donors (Lipinski definition) is 0. The van der Waals surface area contributed by atoms with Crippen LogP contribution in [0.25, 0.3) is 22.7 Å². The first kappa shape index (κ1) is 21.1. The molecule has 3 aromatic rings. The summed E-state index contributed by atoms with van der Waals surface area (Å²) in [5, 5.41) is 1.03. The van der Waals surface area contributed by atoms with E-state index in [0.717, 1.165) is 66.5 Å². The first-order valence-electron chi connectivity index (χ1n) is 11.0. The average molecular weight is 446 g/mol. The Kier molecular flexibility index (Phi) is 5.95. The van der Waals surface area contributed by atoms with Crippen LogP contribution in [0.15, 0.2) is 64.1 Å². The third-order valence-electron chi connectivity index (χ3n) is 6.03. The Hall–Kier alpha value is -2.74. The SMILES string of the molecule is C/C=C/C1=Cc2ncn(-c3ccc4nc(CN5CCN(C)CC5)ccc4c3)c(=O)c2SC1. The van der Waals surface area contributed by atoms with Crippen LogP contribution in [0.2, 0.25) is 0 Å². The molecule has 1 saturated heterocycles. The van der Waals surface area contributed by atoms with Gasteiger partial charge in [-0.15, -0.1) is 11.8 Å². The van der Waals surface area contributed by atoms with Crippen molar-refractivity contribution in [1.82, 2.24) is 24.3 Å². The van der Waals surface area contributed by atoms with Gasteiger partial charge >= 0.3 is 0 Å². The summed E-state index contributed by atoms with van der Waals surface area (Å²) in [5.41, 5.74) is 4.77. The molecule has 2 aromatic heterocycles. The standard InChI is InChI=1S/C25H27N5OS/c1-3-4-18-13-23-24(32-16-18)25(31)30(17-26-23)21-7-8-22-19(14-21)5-6-20(27-22)15-29-11-9-28(2)10-12-29/h3-8,13-14,17H,9-12,15-16H2,1-2H3/b4-3+. The number of fused-ring (bicyclic) bond motifs is 2. The van der Waals surface area contributed by atoms with Gasteiger partial charge in [-0.2, -0.15) is 0 Å². The smallest absolute Gasteiger partial charge is 0.272 e. The molecule has 0 N–H and O–H groups in total. The fourth-order valence-corrected chi connectivity index (χ4v) is 5.16. The first-order valence-corrected chi connectivity index (χ1v) is 12.0. The van der Waals surface area contributed by atoms with Crippen LogP contribution in [-0.2, 0) is 6.54 Å². The summed E-state index contributed by atoms with van der Waals surface area (Å²) in [7, 11) is 2.17. The normalized spacial score (nSPS) is 17.6. The predicted octanol–water partition coefficient (Wildman–Crippen LogP) is 3.59. The number of likely N-dealkylation sites (N-methyl/N-ethyl adjacent to an activating group) is 1. The molecule has 0 radical (unpaired) electrons. The maximum absolute atomic E-state index is 13.1. The molecule has 0 atom stereocenters. The Labute approximate surface area is 192 Å². The molecule has 0 saturated carbocycles. The number of aromatic nitrogens is 3. The number of nitrogens with zero attached hydrogens (tertiary/aromatic N) is 5. The quantitative estimate of drug-likeness (QED) is 0.612. The van der Waals surface area contributed by atoms with Gasteiger partial charge in [0, 0.05) is 43.9 Å². The molecular weight excluding hydrogens is 418 g/mol. The van der Waals surface area contributed by atoms with Gasteiger partial charge in [-0.1, -0.05) is 18.2 Å². The summed E-state index contributed by atoms with van der Waals surface area (Å²) >= 11 is 1.56. The molecule has 0 amide bonds. The van der Waals surface area contributed by atoms with Crippen LogP contribution in [0.1, 0.15) is 18.3 Å². The molecular formula is C25H27N5OS. The molecule has 2 aliphatic heterocycles. The zero-order valence-electron chi connectivity index (χ0n) is 18.5. The lowest BCUT2D eigenvalue weighted by molar-refractivity contribution is 0.147. The van der Waals surface area contributed by atoms with Crippen molar-refractivity contribution in [2.24, 2.45) is 0 Å². The lowest BCUT2D eigenvalue weighted by atomic mass is 10.1. The van der Waals surface area contributed by atoms with E-state index in [1.807, 2.05) is 37.3 Å². The van der Waals surface area contributed by atoms with Gasteiger partial charge in [0.25, 0.3) is 5.56 Å². The Balaban J connectivity index is 1.41. The molecule has 7 heteroatoms. The topological polar surface area (TPSA) is 54.3 Å². The molecule has 1 fully saturated rings. The van der Waals surface area contributed by atoms with E-state index in [1.165, 1.54) is 5.57 Å². The fraction of sp³-hybridized carbons (Fsp3) is 0.320. The minimum absolute atomic E-state index is 0.0187. The van der Waals surface area contributed by atoms with Crippen LogP contribution in [-0.4, -0.2) is 63.3 Å². The minimum Gasteiger partial charge on any atom is -0.304 e. The molecule has 32 heavy (non-hydrogen) atoms. The minimum atomic E-state index is -0.0187. The van der Waals surface area contributed by atoms with Crippen molar-refractivity contribution < 1.29 is 0 Å². The van der Waals surface area contributed by atoms with Gasteiger partial charge in [0.2, 0.25) is 0 Å². The van der Waals surface area contributed by atoms with Crippen molar-refractivity contribution in [3.05, 3.63) is 76.1 Å². The predicted molar refractivity (Wildman–Crippen MR) is 131 cm³/mol. The second-order valence-corrected chi connectivity index (χ2v) is 9.39. The van der Waals surface area contributed by atoms with Crippen LogP contribution in [0.5, 0.6) is 0 Å². The summed E-state index contributed by atoms with van der Waals surface area (Å²) in [6, 6.07) is 10.2. The summed E-state index contributed by atoms with van der Waals surface area (Å²) in [6.45, 7) is 7.23. The fourth-order valence-electron chi connectivity index (χ4n) is 4.18. The second kappa shape index (κ2) is 9.02.